The second-order valence-corrected chi connectivity index (χ2v) is 6.62. The molecule has 0 saturated carbocycles. The van der Waals surface area contributed by atoms with E-state index in [-0.39, 0.29) is 6.04 Å². The molecule has 2 rings (SSSR count). The molecule has 0 fully saturated rings. The molecule has 5 heteroatoms. The lowest BCUT2D eigenvalue weighted by molar-refractivity contribution is 0.301. The van der Waals surface area contributed by atoms with Crippen molar-refractivity contribution in [3.8, 4) is 5.75 Å². The molecule has 23 heavy (non-hydrogen) atoms. The molecule has 0 aliphatic rings. The first-order valence-electron chi connectivity index (χ1n) is 7.97. The Hall–Kier alpha value is -1.62. The summed E-state index contributed by atoms with van der Waals surface area (Å²) < 4.78 is 6.85. The van der Waals surface area contributed by atoms with E-state index in [1.54, 1.807) is 6.33 Å². The predicted molar refractivity (Wildman–Crippen MR) is 98.2 cm³/mol. The molecule has 124 valence electrons. The van der Waals surface area contributed by atoms with Crippen molar-refractivity contribution in [2.45, 2.75) is 46.6 Å². The lowest BCUT2D eigenvalue weighted by atomic mass is 10.1. The van der Waals surface area contributed by atoms with Gasteiger partial charge in [-0.15, -0.1) is 0 Å². The van der Waals surface area contributed by atoms with Gasteiger partial charge >= 0.3 is 0 Å². The Morgan fingerprint density at radius 2 is 2.04 bits per heavy atom. The highest BCUT2D eigenvalue weighted by atomic mass is 79.9. The fourth-order valence-corrected chi connectivity index (χ4v) is 2.69. The van der Waals surface area contributed by atoms with E-state index in [4.69, 9.17) is 4.74 Å². The van der Waals surface area contributed by atoms with Gasteiger partial charge in [0.15, 0.2) is 0 Å². The fourth-order valence-electron chi connectivity index (χ4n) is 2.37. The number of halogens is 1. The van der Waals surface area contributed by atoms with E-state index in [1.165, 1.54) is 11.1 Å². The van der Waals surface area contributed by atoms with Crippen LogP contribution in [0.5, 0.6) is 5.75 Å². The molecule has 1 atom stereocenters. The van der Waals surface area contributed by atoms with Crippen LogP contribution in [0.1, 0.15) is 37.1 Å². The second-order valence-electron chi connectivity index (χ2n) is 5.83. The van der Waals surface area contributed by atoms with Gasteiger partial charge in [-0.1, -0.05) is 25.5 Å². The number of hydrogen-bond donors (Lipinski definition) is 1. The Morgan fingerprint density at radius 1 is 1.26 bits per heavy atom. The van der Waals surface area contributed by atoms with E-state index in [0.717, 1.165) is 34.6 Å². The van der Waals surface area contributed by atoms with Gasteiger partial charge in [0.1, 0.15) is 24.5 Å². The molecular formula is C18H24BrN3O. The molecule has 0 radical (unpaired) electrons. The highest BCUT2D eigenvalue weighted by Crippen LogP contribution is 2.23. The Bertz CT molecular complexity index is 661. The van der Waals surface area contributed by atoms with Crippen LogP contribution in [0.4, 0.5) is 5.82 Å². The molecule has 1 aromatic carbocycles. The number of hydrogen-bond acceptors (Lipinski definition) is 4. The summed E-state index contributed by atoms with van der Waals surface area (Å²) >= 11 is 3.51. The molecule has 1 aromatic heterocycles. The minimum absolute atomic E-state index is 0.135. The molecule has 0 saturated heterocycles. The van der Waals surface area contributed by atoms with Crippen molar-refractivity contribution in [1.82, 2.24) is 9.97 Å². The third-order valence-corrected chi connectivity index (χ3v) is 4.56. The number of ether oxygens (including phenoxy) is 1. The van der Waals surface area contributed by atoms with Crippen molar-refractivity contribution < 1.29 is 4.74 Å². The average Bonchev–Trinajstić information content (AvgIpc) is 2.51. The molecule has 1 N–H and O–H groups in total. The zero-order valence-electron chi connectivity index (χ0n) is 14.2. The fraction of sp³-hybridized carbons (Fsp3) is 0.444. The number of rotatable bonds is 7. The first-order valence-corrected chi connectivity index (χ1v) is 8.76. The molecule has 1 heterocycles. The summed E-state index contributed by atoms with van der Waals surface area (Å²) in [7, 11) is 0. The van der Waals surface area contributed by atoms with E-state index in [2.05, 4.69) is 70.2 Å². The molecule has 4 nitrogen and oxygen atoms in total. The Labute approximate surface area is 146 Å². The van der Waals surface area contributed by atoms with Crippen LogP contribution >= 0.6 is 15.9 Å². The van der Waals surface area contributed by atoms with Gasteiger partial charge in [0, 0.05) is 0 Å². The maximum atomic E-state index is 5.95. The molecule has 0 spiro atoms. The maximum absolute atomic E-state index is 5.95. The van der Waals surface area contributed by atoms with Crippen molar-refractivity contribution in [2.24, 2.45) is 0 Å². The summed E-state index contributed by atoms with van der Waals surface area (Å²) in [6.07, 6.45) is 3.83. The first-order chi connectivity index (χ1) is 11.0. The minimum Gasteiger partial charge on any atom is -0.491 e. The van der Waals surface area contributed by atoms with Gasteiger partial charge in [-0.05, 0) is 60.3 Å². The summed E-state index contributed by atoms with van der Waals surface area (Å²) in [5, 5.41) is 3.35. The van der Waals surface area contributed by atoms with Gasteiger partial charge in [0.2, 0.25) is 0 Å². The van der Waals surface area contributed by atoms with Gasteiger partial charge in [0.25, 0.3) is 0 Å². The van der Waals surface area contributed by atoms with Crippen molar-refractivity contribution in [3.05, 3.63) is 45.8 Å². The number of benzene rings is 1. The highest BCUT2D eigenvalue weighted by molar-refractivity contribution is 9.10. The van der Waals surface area contributed by atoms with E-state index >= 15 is 0 Å². The van der Waals surface area contributed by atoms with Crippen LogP contribution in [0.15, 0.2) is 29.0 Å². The summed E-state index contributed by atoms with van der Waals surface area (Å²) in [4.78, 5) is 8.40. The van der Waals surface area contributed by atoms with E-state index in [1.807, 2.05) is 6.92 Å². The van der Waals surface area contributed by atoms with Gasteiger partial charge in [-0.2, -0.15) is 0 Å². The summed E-state index contributed by atoms with van der Waals surface area (Å²) in [6, 6.07) is 6.56. The SMILES string of the molecule is CCCc1ccc(OCC(C)Nc2ncnc(C)c2Br)c(C)c1. The van der Waals surface area contributed by atoms with Crippen LogP contribution in [0.25, 0.3) is 0 Å². The Kier molecular flexibility index (Phi) is 6.39. The molecule has 0 amide bonds. The standard InChI is InChI=1S/C18H24BrN3O/c1-5-6-15-7-8-16(12(2)9-15)23-10-13(3)22-18-17(19)14(4)20-11-21-18/h7-9,11,13H,5-6,10H2,1-4H3,(H,20,21,22). The lowest BCUT2D eigenvalue weighted by Gasteiger charge is -2.18. The predicted octanol–water partition coefficient (Wildman–Crippen LogP) is 4.69. The molecule has 1 unspecified atom stereocenters. The molecule has 0 aliphatic heterocycles. The number of nitrogens with one attached hydrogen (secondary N) is 1. The third-order valence-electron chi connectivity index (χ3n) is 3.61. The van der Waals surface area contributed by atoms with Crippen LogP contribution in [-0.2, 0) is 6.42 Å². The average molecular weight is 378 g/mol. The smallest absolute Gasteiger partial charge is 0.144 e. The molecule has 2 aromatic rings. The van der Waals surface area contributed by atoms with Crippen LogP contribution < -0.4 is 10.1 Å². The van der Waals surface area contributed by atoms with Gasteiger partial charge in [-0.25, -0.2) is 9.97 Å². The highest BCUT2D eigenvalue weighted by Gasteiger charge is 2.10. The quantitative estimate of drug-likeness (QED) is 0.760. The van der Waals surface area contributed by atoms with E-state index in [0.29, 0.717) is 6.61 Å². The number of nitrogens with zero attached hydrogens (tertiary/aromatic N) is 2. The van der Waals surface area contributed by atoms with Gasteiger partial charge in [-0.3, -0.25) is 0 Å². The topological polar surface area (TPSA) is 47.0 Å². The summed E-state index contributed by atoms with van der Waals surface area (Å²) in [5.74, 6) is 1.74. The van der Waals surface area contributed by atoms with Crippen molar-refractivity contribution in [2.75, 3.05) is 11.9 Å². The van der Waals surface area contributed by atoms with Crippen LogP contribution in [0, 0.1) is 13.8 Å². The normalized spacial score (nSPS) is 12.0. The molecule has 0 aliphatic carbocycles. The summed E-state index contributed by atoms with van der Waals surface area (Å²) in [5.41, 5.74) is 3.46. The monoisotopic (exact) mass is 377 g/mol. The van der Waals surface area contributed by atoms with Crippen molar-refractivity contribution in [1.29, 1.82) is 0 Å². The van der Waals surface area contributed by atoms with Crippen LogP contribution in [0.2, 0.25) is 0 Å². The summed E-state index contributed by atoms with van der Waals surface area (Å²) in [6.45, 7) is 8.88. The zero-order valence-corrected chi connectivity index (χ0v) is 15.8. The number of aromatic nitrogens is 2. The minimum atomic E-state index is 0.135. The lowest BCUT2D eigenvalue weighted by Crippen LogP contribution is -2.24. The molecule has 0 bridgehead atoms. The van der Waals surface area contributed by atoms with Gasteiger partial charge < -0.3 is 10.1 Å². The number of anilines is 1. The van der Waals surface area contributed by atoms with E-state index in [9.17, 15) is 0 Å². The van der Waals surface area contributed by atoms with Crippen molar-refractivity contribution in [3.63, 3.8) is 0 Å². The van der Waals surface area contributed by atoms with E-state index < -0.39 is 0 Å². The second kappa shape index (κ2) is 8.29. The van der Waals surface area contributed by atoms with Crippen molar-refractivity contribution >= 4 is 21.7 Å². The zero-order chi connectivity index (χ0) is 16.8. The van der Waals surface area contributed by atoms with Crippen LogP contribution in [-0.4, -0.2) is 22.6 Å². The number of aryl methyl sites for hydroxylation is 3. The first kappa shape index (κ1) is 17.7. The molecular weight excluding hydrogens is 354 g/mol. The Morgan fingerprint density at radius 3 is 2.74 bits per heavy atom. The Balaban J connectivity index is 1.94. The van der Waals surface area contributed by atoms with Crippen LogP contribution in [0.3, 0.4) is 0 Å². The van der Waals surface area contributed by atoms with Gasteiger partial charge in [0.05, 0.1) is 16.2 Å². The third kappa shape index (κ3) is 4.93. The largest absolute Gasteiger partial charge is 0.491 e. The maximum Gasteiger partial charge on any atom is 0.144 e.